The van der Waals surface area contributed by atoms with Crippen molar-refractivity contribution in [2.75, 3.05) is 58.3 Å². The predicted molar refractivity (Wildman–Crippen MR) is 80.2 cm³/mol. The van der Waals surface area contributed by atoms with E-state index in [0.717, 1.165) is 25.4 Å². The zero-order valence-corrected chi connectivity index (χ0v) is 12.1. The number of benzene rings is 1. The summed E-state index contributed by atoms with van der Waals surface area (Å²) in [6.45, 7) is 6.85. The molecule has 1 aliphatic rings. The minimum atomic E-state index is 0.951. The number of nitrogens with one attached hydrogen (secondary N) is 1. The fraction of sp³-hybridized carbons (Fsp3) is 0.600. The Morgan fingerprint density at radius 2 is 2.00 bits per heavy atom. The number of piperazine rings is 1. The Kier molecular flexibility index (Phi) is 5.48. The van der Waals surface area contributed by atoms with Gasteiger partial charge in [-0.25, -0.2) is 0 Å². The van der Waals surface area contributed by atoms with Crippen LogP contribution < -0.4 is 15.0 Å². The van der Waals surface area contributed by atoms with Crippen LogP contribution in [-0.4, -0.2) is 58.3 Å². The van der Waals surface area contributed by atoms with E-state index in [1.807, 2.05) is 12.1 Å². The van der Waals surface area contributed by atoms with E-state index in [9.17, 15) is 0 Å². The largest absolute Gasteiger partial charge is 0.495 e. The van der Waals surface area contributed by atoms with Crippen molar-refractivity contribution < 1.29 is 4.74 Å². The lowest BCUT2D eigenvalue weighted by molar-refractivity contribution is 0.239. The van der Waals surface area contributed by atoms with Crippen LogP contribution in [0, 0.1) is 0 Å². The first-order chi connectivity index (χ1) is 9.31. The SMILES string of the molecule is COc1ccccc1N(C)CCCN1CCNCC1. The molecule has 0 aliphatic carbocycles. The van der Waals surface area contributed by atoms with Crippen LogP contribution in [0.4, 0.5) is 5.69 Å². The number of nitrogens with zero attached hydrogens (tertiary/aromatic N) is 2. The van der Waals surface area contributed by atoms with E-state index in [2.05, 4.69) is 34.3 Å². The van der Waals surface area contributed by atoms with Crippen LogP contribution in [0.5, 0.6) is 5.75 Å². The molecule has 1 heterocycles. The third kappa shape index (κ3) is 4.11. The molecule has 0 aromatic heterocycles. The van der Waals surface area contributed by atoms with Crippen molar-refractivity contribution in [1.82, 2.24) is 10.2 Å². The van der Waals surface area contributed by atoms with Gasteiger partial charge in [-0.05, 0) is 25.1 Å². The van der Waals surface area contributed by atoms with E-state index in [1.165, 1.54) is 31.7 Å². The number of anilines is 1. The highest BCUT2D eigenvalue weighted by Gasteiger charge is 2.10. The quantitative estimate of drug-likeness (QED) is 0.840. The Morgan fingerprint density at radius 1 is 1.26 bits per heavy atom. The molecule has 1 N–H and O–H groups in total. The smallest absolute Gasteiger partial charge is 0.142 e. The van der Waals surface area contributed by atoms with Gasteiger partial charge in [0.2, 0.25) is 0 Å². The minimum Gasteiger partial charge on any atom is -0.495 e. The molecular weight excluding hydrogens is 238 g/mol. The van der Waals surface area contributed by atoms with Crippen LogP contribution in [-0.2, 0) is 0 Å². The van der Waals surface area contributed by atoms with Gasteiger partial charge in [-0.3, -0.25) is 0 Å². The molecule has 0 saturated carbocycles. The zero-order valence-electron chi connectivity index (χ0n) is 12.1. The molecule has 0 amide bonds. The first kappa shape index (κ1) is 14.2. The number of rotatable bonds is 6. The Morgan fingerprint density at radius 3 is 2.74 bits per heavy atom. The second kappa shape index (κ2) is 7.36. The van der Waals surface area contributed by atoms with E-state index >= 15 is 0 Å². The molecule has 4 heteroatoms. The summed E-state index contributed by atoms with van der Waals surface area (Å²) in [4.78, 5) is 4.81. The average molecular weight is 263 g/mol. The van der Waals surface area contributed by atoms with Crippen LogP contribution in [0.25, 0.3) is 0 Å². The highest BCUT2D eigenvalue weighted by atomic mass is 16.5. The first-order valence-electron chi connectivity index (χ1n) is 7.08. The lowest BCUT2D eigenvalue weighted by Crippen LogP contribution is -2.44. The molecule has 0 atom stereocenters. The van der Waals surface area contributed by atoms with Gasteiger partial charge in [-0.15, -0.1) is 0 Å². The van der Waals surface area contributed by atoms with Crippen LogP contribution in [0.15, 0.2) is 24.3 Å². The number of hydrogen-bond donors (Lipinski definition) is 1. The van der Waals surface area contributed by atoms with Gasteiger partial charge in [0.25, 0.3) is 0 Å². The molecule has 1 fully saturated rings. The molecule has 0 bridgehead atoms. The van der Waals surface area contributed by atoms with E-state index in [0.29, 0.717) is 0 Å². The number of hydrogen-bond acceptors (Lipinski definition) is 4. The van der Waals surface area contributed by atoms with Crippen molar-refractivity contribution in [2.45, 2.75) is 6.42 Å². The summed E-state index contributed by atoms with van der Waals surface area (Å²) in [6.07, 6.45) is 1.19. The Bertz CT molecular complexity index is 377. The molecule has 1 aromatic rings. The van der Waals surface area contributed by atoms with E-state index < -0.39 is 0 Å². The lowest BCUT2D eigenvalue weighted by atomic mass is 10.2. The summed E-state index contributed by atoms with van der Waals surface area (Å²) in [5.74, 6) is 0.951. The molecule has 4 nitrogen and oxygen atoms in total. The summed E-state index contributed by atoms with van der Waals surface area (Å²) < 4.78 is 5.40. The van der Waals surface area contributed by atoms with E-state index in [4.69, 9.17) is 4.74 Å². The summed E-state index contributed by atoms with van der Waals surface area (Å²) in [7, 11) is 3.86. The van der Waals surface area contributed by atoms with Crippen LogP contribution in [0.1, 0.15) is 6.42 Å². The molecule has 0 spiro atoms. The summed E-state index contributed by atoms with van der Waals surface area (Å²) in [6, 6.07) is 8.20. The maximum absolute atomic E-state index is 5.40. The van der Waals surface area contributed by atoms with Crippen molar-refractivity contribution in [2.24, 2.45) is 0 Å². The van der Waals surface area contributed by atoms with Crippen molar-refractivity contribution in [3.05, 3.63) is 24.3 Å². The summed E-state index contributed by atoms with van der Waals surface area (Å²) in [5, 5.41) is 3.39. The Labute approximate surface area is 116 Å². The van der Waals surface area contributed by atoms with Crippen LogP contribution >= 0.6 is 0 Å². The van der Waals surface area contributed by atoms with Gasteiger partial charge < -0.3 is 19.9 Å². The predicted octanol–water partition coefficient (Wildman–Crippen LogP) is 1.43. The van der Waals surface area contributed by atoms with Gasteiger partial charge in [-0.1, -0.05) is 12.1 Å². The van der Waals surface area contributed by atoms with Gasteiger partial charge >= 0.3 is 0 Å². The monoisotopic (exact) mass is 263 g/mol. The molecular formula is C15H25N3O. The molecule has 1 aromatic carbocycles. The average Bonchev–Trinajstić information content (AvgIpc) is 2.48. The molecule has 2 rings (SSSR count). The fourth-order valence-corrected chi connectivity index (χ4v) is 2.53. The zero-order chi connectivity index (χ0) is 13.5. The molecule has 1 aliphatic heterocycles. The second-order valence-corrected chi connectivity index (χ2v) is 5.04. The van der Waals surface area contributed by atoms with Crippen molar-refractivity contribution in [1.29, 1.82) is 0 Å². The second-order valence-electron chi connectivity index (χ2n) is 5.04. The van der Waals surface area contributed by atoms with Gasteiger partial charge in [0.15, 0.2) is 0 Å². The van der Waals surface area contributed by atoms with E-state index in [-0.39, 0.29) is 0 Å². The fourth-order valence-electron chi connectivity index (χ4n) is 2.53. The summed E-state index contributed by atoms with van der Waals surface area (Å²) >= 11 is 0. The van der Waals surface area contributed by atoms with Gasteiger partial charge in [0.1, 0.15) is 5.75 Å². The number of ether oxygens (including phenoxy) is 1. The summed E-state index contributed by atoms with van der Waals surface area (Å²) in [5.41, 5.74) is 1.17. The highest BCUT2D eigenvalue weighted by Crippen LogP contribution is 2.26. The van der Waals surface area contributed by atoms with Crippen molar-refractivity contribution in [3.63, 3.8) is 0 Å². The van der Waals surface area contributed by atoms with Crippen LogP contribution in [0.2, 0.25) is 0 Å². The van der Waals surface area contributed by atoms with Crippen molar-refractivity contribution >= 4 is 5.69 Å². The Balaban J connectivity index is 1.78. The third-order valence-electron chi connectivity index (χ3n) is 3.67. The molecule has 0 unspecified atom stereocenters. The van der Waals surface area contributed by atoms with Gasteiger partial charge in [0.05, 0.1) is 12.8 Å². The Hall–Kier alpha value is -1.26. The van der Waals surface area contributed by atoms with Gasteiger partial charge in [0, 0.05) is 39.8 Å². The third-order valence-corrected chi connectivity index (χ3v) is 3.67. The normalized spacial score (nSPS) is 16.3. The number of methoxy groups -OCH3 is 1. The van der Waals surface area contributed by atoms with Crippen molar-refractivity contribution in [3.8, 4) is 5.75 Å². The van der Waals surface area contributed by atoms with Crippen LogP contribution in [0.3, 0.4) is 0 Å². The van der Waals surface area contributed by atoms with E-state index in [1.54, 1.807) is 7.11 Å². The molecule has 106 valence electrons. The minimum absolute atomic E-state index is 0.951. The molecule has 1 saturated heterocycles. The molecule has 0 radical (unpaired) electrons. The molecule has 19 heavy (non-hydrogen) atoms. The standard InChI is InChI=1S/C15H25N3O/c1-17(14-6-3-4-7-15(14)19-2)10-5-11-18-12-8-16-9-13-18/h3-4,6-7,16H,5,8-13H2,1-2H3. The number of para-hydroxylation sites is 2. The topological polar surface area (TPSA) is 27.7 Å². The highest BCUT2D eigenvalue weighted by molar-refractivity contribution is 5.57. The lowest BCUT2D eigenvalue weighted by Gasteiger charge is -2.28. The van der Waals surface area contributed by atoms with Gasteiger partial charge in [-0.2, -0.15) is 0 Å². The maximum atomic E-state index is 5.40. The first-order valence-corrected chi connectivity index (χ1v) is 7.08. The maximum Gasteiger partial charge on any atom is 0.142 e.